The van der Waals surface area contributed by atoms with E-state index < -0.39 is 0 Å². The summed E-state index contributed by atoms with van der Waals surface area (Å²) in [6.07, 6.45) is 2.33. The lowest BCUT2D eigenvalue weighted by Crippen LogP contribution is -3.13. The zero-order chi connectivity index (χ0) is 12.8. The SMILES string of the molecule is CCOC(=O)C[NH+]1CCC(c2ccccc2)CC1. The molecule has 1 saturated heterocycles. The summed E-state index contributed by atoms with van der Waals surface area (Å²) in [6, 6.07) is 10.7. The molecule has 3 heteroatoms. The minimum atomic E-state index is -0.0642. The minimum Gasteiger partial charge on any atom is -0.462 e. The maximum Gasteiger partial charge on any atom is 0.361 e. The van der Waals surface area contributed by atoms with Crippen molar-refractivity contribution in [3.63, 3.8) is 0 Å². The molecule has 0 spiro atoms. The number of quaternary nitrogens is 1. The van der Waals surface area contributed by atoms with E-state index in [1.54, 1.807) is 0 Å². The van der Waals surface area contributed by atoms with Crippen LogP contribution in [0.4, 0.5) is 0 Å². The van der Waals surface area contributed by atoms with Crippen molar-refractivity contribution in [2.75, 3.05) is 26.2 Å². The molecule has 1 fully saturated rings. The van der Waals surface area contributed by atoms with E-state index in [1.165, 1.54) is 23.3 Å². The number of nitrogens with one attached hydrogen (secondary N) is 1. The third-order valence-corrected chi connectivity index (χ3v) is 3.66. The van der Waals surface area contributed by atoms with E-state index in [1.807, 2.05) is 6.92 Å². The molecule has 0 atom stereocenters. The largest absolute Gasteiger partial charge is 0.462 e. The van der Waals surface area contributed by atoms with Gasteiger partial charge in [-0.3, -0.25) is 0 Å². The molecule has 2 rings (SSSR count). The Hall–Kier alpha value is -1.35. The van der Waals surface area contributed by atoms with E-state index in [2.05, 4.69) is 30.3 Å². The summed E-state index contributed by atoms with van der Waals surface area (Å²) in [5.41, 5.74) is 1.44. The molecule has 0 saturated carbocycles. The number of benzene rings is 1. The smallest absolute Gasteiger partial charge is 0.361 e. The standard InChI is InChI=1S/C15H21NO2/c1-2-18-15(17)12-16-10-8-14(9-11-16)13-6-4-3-5-7-13/h3-7,14H,2,8-12H2,1H3/p+1. The van der Waals surface area contributed by atoms with Crippen molar-refractivity contribution in [3.05, 3.63) is 35.9 Å². The first-order chi connectivity index (χ1) is 8.79. The van der Waals surface area contributed by atoms with Gasteiger partial charge in [-0.25, -0.2) is 4.79 Å². The average Bonchev–Trinajstić information content (AvgIpc) is 2.41. The Bertz CT molecular complexity index is 369. The monoisotopic (exact) mass is 248 g/mol. The number of hydrogen-bond donors (Lipinski definition) is 1. The Labute approximate surface area is 109 Å². The fourth-order valence-corrected chi connectivity index (χ4v) is 2.68. The van der Waals surface area contributed by atoms with Crippen LogP contribution in [-0.2, 0) is 9.53 Å². The second kappa shape index (κ2) is 6.55. The number of ether oxygens (including phenoxy) is 1. The van der Waals surface area contributed by atoms with E-state index >= 15 is 0 Å². The first-order valence-corrected chi connectivity index (χ1v) is 6.83. The maximum atomic E-state index is 11.4. The van der Waals surface area contributed by atoms with Crippen molar-refractivity contribution in [2.45, 2.75) is 25.7 Å². The highest BCUT2D eigenvalue weighted by atomic mass is 16.5. The third-order valence-electron chi connectivity index (χ3n) is 3.66. The highest BCUT2D eigenvalue weighted by Gasteiger charge is 2.24. The molecule has 0 bridgehead atoms. The number of likely N-dealkylation sites (tertiary alicyclic amines) is 1. The number of carbonyl (C=O) groups is 1. The van der Waals surface area contributed by atoms with Crippen molar-refractivity contribution in [1.29, 1.82) is 0 Å². The van der Waals surface area contributed by atoms with E-state index in [9.17, 15) is 4.79 Å². The average molecular weight is 248 g/mol. The molecule has 1 aromatic carbocycles. The van der Waals surface area contributed by atoms with Crippen molar-refractivity contribution >= 4 is 5.97 Å². The quantitative estimate of drug-likeness (QED) is 0.806. The van der Waals surface area contributed by atoms with Crippen LogP contribution in [0, 0.1) is 0 Å². The van der Waals surface area contributed by atoms with Crippen LogP contribution >= 0.6 is 0 Å². The molecule has 0 unspecified atom stereocenters. The van der Waals surface area contributed by atoms with Gasteiger partial charge in [0.15, 0.2) is 6.54 Å². The first kappa shape index (κ1) is 13.1. The Balaban J connectivity index is 1.80. The molecular formula is C15H22NO2+. The predicted molar refractivity (Wildman–Crippen MR) is 70.6 cm³/mol. The minimum absolute atomic E-state index is 0.0642. The molecule has 0 aromatic heterocycles. The van der Waals surface area contributed by atoms with Crippen LogP contribution in [-0.4, -0.2) is 32.2 Å². The van der Waals surface area contributed by atoms with Gasteiger partial charge >= 0.3 is 5.97 Å². The highest BCUT2D eigenvalue weighted by Crippen LogP contribution is 2.23. The molecule has 1 heterocycles. The predicted octanol–water partition coefficient (Wildman–Crippen LogP) is 1.01. The van der Waals surface area contributed by atoms with E-state index in [4.69, 9.17) is 4.74 Å². The van der Waals surface area contributed by atoms with Crippen LogP contribution in [0.25, 0.3) is 0 Å². The number of hydrogen-bond acceptors (Lipinski definition) is 2. The molecule has 18 heavy (non-hydrogen) atoms. The number of carbonyl (C=O) groups excluding carboxylic acids is 1. The molecule has 0 aliphatic carbocycles. The third kappa shape index (κ3) is 3.57. The lowest BCUT2D eigenvalue weighted by atomic mass is 9.89. The number of piperidine rings is 1. The van der Waals surface area contributed by atoms with Gasteiger partial charge in [0.1, 0.15) is 0 Å². The number of esters is 1. The van der Waals surface area contributed by atoms with E-state index in [0.29, 0.717) is 19.1 Å². The molecule has 98 valence electrons. The fraction of sp³-hybridized carbons (Fsp3) is 0.533. The van der Waals surface area contributed by atoms with E-state index in [0.717, 1.165) is 13.1 Å². The molecule has 3 nitrogen and oxygen atoms in total. The van der Waals surface area contributed by atoms with Gasteiger partial charge in [-0.05, 0) is 18.4 Å². The van der Waals surface area contributed by atoms with Crippen LogP contribution in [0.3, 0.4) is 0 Å². The Kier molecular flexibility index (Phi) is 4.76. The van der Waals surface area contributed by atoms with Crippen molar-refractivity contribution in [3.8, 4) is 0 Å². The number of rotatable bonds is 4. The van der Waals surface area contributed by atoms with Crippen molar-refractivity contribution < 1.29 is 14.4 Å². The fourth-order valence-electron chi connectivity index (χ4n) is 2.68. The molecular weight excluding hydrogens is 226 g/mol. The van der Waals surface area contributed by atoms with Gasteiger partial charge in [0, 0.05) is 12.8 Å². The summed E-state index contributed by atoms with van der Waals surface area (Å²) >= 11 is 0. The van der Waals surface area contributed by atoms with Crippen molar-refractivity contribution in [2.24, 2.45) is 0 Å². The highest BCUT2D eigenvalue weighted by molar-refractivity contribution is 5.70. The second-order valence-electron chi connectivity index (χ2n) is 4.92. The maximum absolute atomic E-state index is 11.4. The Morgan fingerprint density at radius 2 is 1.94 bits per heavy atom. The summed E-state index contributed by atoms with van der Waals surface area (Å²) in [7, 11) is 0. The topological polar surface area (TPSA) is 30.7 Å². The molecule has 1 aliphatic rings. The lowest BCUT2D eigenvalue weighted by Gasteiger charge is -2.28. The summed E-state index contributed by atoms with van der Waals surface area (Å²) in [4.78, 5) is 12.8. The summed E-state index contributed by atoms with van der Waals surface area (Å²) in [6.45, 7) is 5.00. The van der Waals surface area contributed by atoms with Gasteiger partial charge in [0.25, 0.3) is 0 Å². The lowest BCUT2D eigenvalue weighted by molar-refractivity contribution is -0.898. The van der Waals surface area contributed by atoms with Crippen LogP contribution in [0.2, 0.25) is 0 Å². The Morgan fingerprint density at radius 1 is 1.28 bits per heavy atom. The summed E-state index contributed by atoms with van der Waals surface area (Å²) < 4.78 is 5.00. The zero-order valence-corrected chi connectivity index (χ0v) is 11.0. The Morgan fingerprint density at radius 3 is 2.56 bits per heavy atom. The van der Waals surface area contributed by atoms with Gasteiger partial charge in [-0.2, -0.15) is 0 Å². The zero-order valence-electron chi connectivity index (χ0n) is 11.0. The molecule has 0 radical (unpaired) electrons. The van der Waals surface area contributed by atoms with Gasteiger partial charge in [0.05, 0.1) is 19.7 Å². The van der Waals surface area contributed by atoms with Gasteiger partial charge in [-0.1, -0.05) is 30.3 Å². The summed E-state index contributed by atoms with van der Waals surface area (Å²) in [5, 5.41) is 0. The molecule has 1 aliphatic heterocycles. The van der Waals surface area contributed by atoms with Crippen LogP contribution in [0.1, 0.15) is 31.2 Å². The molecule has 1 N–H and O–H groups in total. The van der Waals surface area contributed by atoms with Crippen LogP contribution in [0.15, 0.2) is 30.3 Å². The van der Waals surface area contributed by atoms with Crippen molar-refractivity contribution in [1.82, 2.24) is 0 Å². The van der Waals surface area contributed by atoms with E-state index in [-0.39, 0.29) is 5.97 Å². The summed E-state index contributed by atoms with van der Waals surface area (Å²) in [5.74, 6) is 0.600. The molecule has 0 amide bonds. The normalized spacial score (nSPS) is 23.6. The first-order valence-electron chi connectivity index (χ1n) is 6.83. The van der Waals surface area contributed by atoms with Crippen LogP contribution in [0.5, 0.6) is 0 Å². The van der Waals surface area contributed by atoms with Crippen LogP contribution < -0.4 is 4.90 Å². The van der Waals surface area contributed by atoms with Gasteiger partial charge < -0.3 is 9.64 Å². The van der Waals surface area contributed by atoms with Gasteiger partial charge in [-0.15, -0.1) is 0 Å². The second-order valence-corrected chi connectivity index (χ2v) is 4.92. The van der Waals surface area contributed by atoms with Gasteiger partial charge in [0.2, 0.25) is 0 Å². The molecule has 1 aromatic rings.